The van der Waals surface area contributed by atoms with Crippen molar-refractivity contribution in [3.63, 3.8) is 0 Å². The molecule has 2 fully saturated rings. The highest BCUT2D eigenvalue weighted by atomic mass is 16.5. The van der Waals surface area contributed by atoms with Gasteiger partial charge in [0.05, 0.1) is 13.2 Å². The molecule has 0 aromatic carbocycles. The Bertz CT molecular complexity index is 209. The van der Waals surface area contributed by atoms with Gasteiger partial charge in [-0.05, 0) is 31.6 Å². The smallest absolute Gasteiger partial charge is 0.0594 e. The second kappa shape index (κ2) is 8.13. The van der Waals surface area contributed by atoms with Gasteiger partial charge in [0.15, 0.2) is 0 Å². The van der Waals surface area contributed by atoms with Crippen molar-refractivity contribution in [2.75, 3.05) is 39.4 Å². The molecule has 2 rings (SSSR count). The lowest BCUT2D eigenvalue weighted by Gasteiger charge is -2.31. The first-order valence-electron chi connectivity index (χ1n) is 7.92. The molecule has 0 aromatic rings. The van der Waals surface area contributed by atoms with Crippen LogP contribution < -0.4 is 5.32 Å². The maximum atomic E-state index is 5.37. The maximum Gasteiger partial charge on any atom is 0.0594 e. The van der Waals surface area contributed by atoms with E-state index in [-0.39, 0.29) is 0 Å². The molecule has 1 aliphatic carbocycles. The van der Waals surface area contributed by atoms with E-state index in [0.29, 0.717) is 0 Å². The van der Waals surface area contributed by atoms with Crippen LogP contribution in [0.2, 0.25) is 0 Å². The Morgan fingerprint density at radius 1 is 1.11 bits per heavy atom. The zero-order valence-corrected chi connectivity index (χ0v) is 12.0. The number of rotatable bonds is 6. The number of nitrogens with one attached hydrogen (secondary N) is 1. The van der Waals surface area contributed by atoms with Gasteiger partial charge in [-0.25, -0.2) is 0 Å². The lowest BCUT2D eigenvalue weighted by atomic mass is 9.83. The van der Waals surface area contributed by atoms with Gasteiger partial charge in [0.2, 0.25) is 0 Å². The molecule has 0 bridgehead atoms. The first kappa shape index (κ1) is 14.3. The number of ether oxygens (including phenoxy) is 1. The quantitative estimate of drug-likeness (QED) is 0.787. The Morgan fingerprint density at radius 3 is 2.50 bits per heavy atom. The number of hydrogen-bond donors (Lipinski definition) is 1. The number of hydrogen-bond acceptors (Lipinski definition) is 3. The van der Waals surface area contributed by atoms with Crippen molar-refractivity contribution in [2.45, 2.75) is 51.5 Å². The van der Waals surface area contributed by atoms with E-state index >= 15 is 0 Å². The van der Waals surface area contributed by atoms with Gasteiger partial charge in [0.1, 0.15) is 0 Å². The van der Waals surface area contributed by atoms with Crippen LogP contribution in [0.15, 0.2) is 0 Å². The van der Waals surface area contributed by atoms with E-state index in [1.165, 1.54) is 45.1 Å². The van der Waals surface area contributed by atoms with E-state index in [0.717, 1.165) is 44.8 Å². The summed E-state index contributed by atoms with van der Waals surface area (Å²) in [5.41, 5.74) is 0. The molecule has 0 radical (unpaired) electrons. The van der Waals surface area contributed by atoms with E-state index in [2.05, 4.69) is 17.1 Å². The minimum atomic E-state index is 0.791. The van der Waals surface area contributed by atoms with Crippen LogP contribution in [0, 0.1) is 5.92 Å². The fraction of sp³-hybridized carbons (Fsp3) is 1.00. The third-order valence-electron chi connectivity index (χ3n) is 4.51. The standard InChI is InChI=1S/C15H30N2O/c1-2-3-14-4-6-15(7-5-14)16-8-9-17-10-12-18-13-11-17/h14-16H,2-13H2,1H3. The van der Waals surface area contributed by atoms with Crippen LogP contribution in [-0.2, 0) is 4.74 Å². The molecule has 1 heterocycles. The Kier molecular flexibility index (Phi) is 6.46. The Labute approximate surface area is 112 Å². The first-order chi connectivity index (χ1) is 8.88. The molecular formula is C15H30N2O. The molecule has 0 aromatic heterocycles. The number of morpholine rings is 1. The largest absolute Gasteiger partial charge is 0.379 e. The summed E-state index contributed by atoms with van der Waals surface area (Å²) in [5, 5.41) is 3.75. The lowest BCUT2D eigenvalue weighted by molar-refractivity contribution is 0.0379. The van der Waals surface area contributed by atoms with Crippen LogP contribution in [0.1, 0.15) is 45.4 Å². The van der Waals surface area contributed by atoms with Crippen molar-refractivity contribution in [1.82, 2.24) is 10.2 Å². The Balaban J connectivity index is 1.52. The van der Waals surface area contributed by atoms with Crippen LogP contribution in [0.3, 0.4) is 0 Å². The van der Waals surface area contributed by atoms with Crippen molar-refractivity contribution in [2.24, 2.45) is 5.92 Å². The highest BCUT2D eigenvalue weighted by Gasteiger charge is 2.20. The van der Waals surface area contributed by atoms with E-state index in [1.807, 2.05) is 0 Å². The van der Waals surface area contributed by atoms with Crippen molar-refractivity contribution in [3.8, 4) is 0 Å². The van der Waals surface area contributed by atoms with E-state index in [9.17, 15) is 0 Å². The van der Waals surface area contributed by atoms with Crippen LogP contribution >= 0.6 is 0 Å². The van der Waals surface area contributed by atoms with Crippen LogP contribution in [-0.4, -0.2) is 50.3 Å². The monoisotopic (exact) mass is 254 g/mol. The molecule has 1 aliphatic heterocycles. The van der Waals surface area contributed by atoms with Gasteiger partial charge in [-0.15, -0.1) is 0 Å². The zero-order chi connectivity index (χ0) is 12.6. The van der Waals surface area contributed by atoms with Gasteiger partial charge >= 0.3 is 0 Å². The average Bonchev–Trinajstić information content (AvgIpc) is 2.42. The first-order valence-corrected chi connectivity index (χ1v) is 7.92. The average molecular weight is 254 g/mol. The molecular weight excluding hydrogens is 224 g/mol. The molecule has 0 amide bonds. The summed E-state index contributed by atoms with van der Waals surface area (Å²) in [6, 6.07) is 0.791. The highest BCUT2D eigenvalue weighted by Crippen LogP contribution is 2.27. The SMILES string of the molecule is CCCC1CCC(NCCN2CCOCC2)CC1. The molecule has 106 valence electrons. The van der Waals surface area contributed by atoms with Crippen LogP contribution in [0.4, 0.5) is 0 Å². The second-order valence-electron chi connectivity index (χ2n) is 5.91. The summed E-state index contributed by atoms with van der Waals surface area (Å²) in [4.78, 5) is 2.51. The van der Waals surface area contributed by atoms with Gasteiger partial charge in [0, 0.05) is 32.2 Å². The van der Waals surface area contributed by atoms with E-state index in [1.54, 1.807) is 0 Å². The molecule has 3 heteroatoms. The molecule has 1 saturated heterocycles. The fourth-order valence-corrected chi connectivity index (χ4v) is 3.32. The van der Waals surface area contributed by atoms with Crippen molar-refractivity contribution >= 4 is 0 Å². The zero-order valence-electron chi connectivity index (χ0n) is 12.0. The molecule has 0 unspecified atom stereocenters. The third-order valence-corrected chi connectivity index (χ3v) is 4.51. The molecule has 1 saturated carbocycles. The molecule has 3 nitrogen and oxygen atoms in total. The van der Waals surface area contributed by atoms with Crippen molar-refractivity contribution in [3.05, 3.63) is 0 Å². The molecule has 18 heavy (non-hydrogen) atoms. The van der Waals surface area contributed by atoms with Gasteiger partial charge in [-0.2, -0.15) is 0 Å². The maximum absolute atomic E-state index is 5.37. The highest BCUT2D eigenvalue weighted by molar-refractivity contribution is 4.77. The second-order valence-corrected chi connectivity index (χ2v) is 5.91. The summed E-state index contributed by atoms with van der Waals surface area (Å²) in [5.74, 6) is 1.02. The molecule has 2 aliphatic rings. The van der Waals surface area contributed by atoms with E-state index < -0.39 is 0 Å². The predicted octanol–water partition coefficient (Wildman–Crippen LogP) is 2.27. The molecule has 0 spiro atoms. The van der Waals surface area contributed by atoms with Gasteiger partial charge in [-0.3, -0.25) is 4.90 Å². The van der Waals surface area contributed by atoms with Crippen molar-refractivity contribution in [1.29, 1.82) is 0 Å². The predicted molar refractivity (Wildman–Crippen MR) is 75.9 cm³/mol. The Morgan fingerprint density at radius 2 is 1.83 bits per heavy atom. The van der Waals surface area contributed by atoms with E-state index in [4.69, 9.17) is 4.74 Å². The van der Waals surface area contributed by atoms with Gasteiger partial charge in [-0.1, -0.05) is 19.8 Å². The summed E-state index contributed by atoms with van der Waals surface area (Å²) in [6.45, 7) is 8.73. The van der Waals surface area contributed by atoms with Crippen LogP contribution in [0.5, 0.6) is 0 Å². The summed E-state index contributed by atoms with van der Waals surface area (Å²) in [6.07, 6.45) is 8.49. The number of nitrogens with zero attached hydrogens (tertiary/aromatic N) is 1. The normalized spacial score (nSPS) is 30.5. The minimum absolute atomic E-state index is 0.791. The third kappa shape index (κ3) is 4.87. The Hall–Kier alpha value is -0.120. The topological polar surface area (TPSA) is 24.5 Å². The lowest BCUT2D eigenvalue weighted by Crippen LogP contribution is -2.43. The summed E-state index contributed by atoms with van der Waals surface area (Å²) >= 11 is 0. The van der Waals surface area contributed by atoms with Crippen molar-refractivity contribution < 1.29 is 4.74 Å². The van der Waals surface area contributed by atoms with Crippen LogP contribution in [0.25, 0.3) is 0 Å². The van der Waals surface area contributed by atoms with Gasteiger partial charge < -0.3 is 10.1 Å². The molecule has 0 atom stereocenters. The fourth-order valence-electron chi connectivity index (χ4n) is 3.32. The minimum Gasteiger partial charge on any atom is -0.379 e. The van der Waals surface area contributed by atoms with Gasteiger partial charge in [0.25, 0.3) is 0 Å². The summed E-state index contributed by atoms with van der Waals surface area (Å²) in [7, 11) is 0. The summed E-state index contributed by atoms with van der Waals surface area (Å²) < 4.78 is 5.37. The molecule has 1 N–H and O–H groups in total.